The number of Topliss-reactive ketones (excluding diaryl/α,β-unsaturated/α-hetero) is 1. The summed E-state index contributed by atoms with van der Waals surface area (Å²) in [4.78, 5) is 12.8. The second kappa shape index (κ2) is 5.07. The van der Waals surface area contributed by atoms with Gasteiger partial charge < -0.3 is 4.74 Å². The highest BCUT2D eigenvalue weighted by atomic mass is 19.1. The number of aryl methyl sites for hydroxylation is 1. The third-order valence-corrected chi connectivity index (χ3v) is 3.47. The Kier molecular flexibility index (Phi) is 3.61. The van der Waals surface area contributed by atoms with Crippen molar-refractivity contribution in [2.75, 3.05) is 7.11 Å². The molecule has 0 spiro atoms. The number of methoxy groups -OCH3 is 1. The van der Waals surface area contributed by atoms with Gasteiger partial charge in [0.05, 0.1) is 18.7 Å². The third-order valence-electron chi connectivity index (χ3n) is 3.47. The Balaban J connectivity index is 2.45. The van der Waals surface area contributed by atoms with Crippen molar-refractivity contribution in [1.29, 1.82) is 0 Å². The highest BCUT2D eigenvalue weighted by Crippen LogP contribution is 2.31. The van der Waals surface area contributed by atoms with Crippen LogP contribution in [0.5, 0.6) is 5.75 Å². The molecule has 1 heterocycles. The molecular formula is C15H17FN2O2. The van der Waals surface area contributed by atoms with Crippen LogP contribution >= 0.6 is 0 Å². The number of carbonyl (C=O) groups excluding carboxylic acids is 1. The molecule has 20 heavy (non-hydrogen) atoms. The lowest BCUT2D eigenvalue weighted by Gasteiger charge is -2.24. The van der Waals surface area contributed by atoms with Gasteiger partial charge in [-0.25, -0.2) is 4.39 Å². The monoisotopic (exact) mass is 276 g/mol. The summed E-state index contributed by atoms with van der Waals surface area (Å²) in [5.74, 6) is -0.0104. The first-order chi connectivity index (χ1) is 9.37. The first-order valence-electron chi connectivity index (χ1n) is 6.24. The van der Waals surface area contributed by atoms with Crippen LogP contribution in [0.25, 0.3) is 0 Å². The Morgan fingerprint density at radius 2 is 1.90 bits per heavy atom. The molecule has 0 saturated carbocycles. The van der Waals surface area contributed by atoms with Gasteiger partial charge >= 0.3 is 0 Å². The molecule has 0 amide bonds. The van der Waals surface area contributed by atoms with E-state index in [1.165, 1.54) is 30.1 Å². The summed E-state index contributed by atoms with van der Waals surface area (Å²) in [5.41, 5.74) is 0.350. The van der Waals surface area contributed by atoms with Crippen molar-refractivity contribution in [3.63, 3.8) is 0 Å². The number of ether oxygens (including phenoxy) is 1. The zero-order valence-electron chi connectivity index (χ0n) is 12.0. The van der Waals surface area contributed by atoms with Gasteiger partial charge in [0.15, 0.2) is 11.5 Å². The number of benzene rings is 1. The molecule has 5 heteroatoms. The van der Waals surface area contributed by atoms with E-state index in [2.05, 4.69) is 5.10 Å². The molecule has 0 bridgehead atoms. The van der Waals surface area contributed by atoms with Gasteiger partial charge in [0.25, 0.3) is 0 Å². The summed E-state index contributed by atoms with van der Waals surface area (Å²) in [6.07, 6.45) is 1.51. The van der Waals surface area contributed by atoms with Crippen LogP contribution in [0.1, 0.15) is 29.9 Å². The van der Waals surface area contributed by atoms with Crippen LogP contribution < -0.4 is 4.74 Å². The third kappa shape index (κ3) is 2.31. The number of aromatic nitrogens is 2. The lowest BCUT2D eigenvalue weighted by molar-refractivity contribution is 0.0895. The van der Waals surface area contributed by atoms with Crippen molar-refractivity contribution >= 4 is 5.78 Å². The zero-order chi connectivity index (χ0) is 14.9. The maximum absolute atomic E-state index is 13.0. The number of nitrogens with zero attached hydrogens (tertiary/aromatic N) is 2. The van der Waals surface area contributed by atoms with Crippen molar-refractivity contribution in [2.45, 2.75) is 19.3 Å². The van der Waals surface area contributed by atoms with E-state index in [0.29, 0.717) is 11.4 Å². The molecule has 0 unspecified atom stereocenters. The Morgan fingerprint density at radius 1 is 1.30 bits per heavy atom. The molecule has 1 aromatic heterocycles. The Labute approximate surface area is 117 Å². The molecule has 0 aliphatic rings. The second-order valence-electron chi connectivity index (χ2n) is 5.15. The van der Waals surface area contributed by atoms with Gasteiger partial charge in [-0.2, -0.15) is 5.10 Å². The highest BCUT2D eigenvalue weighted by Gasteiger charge is 2.34. The van der Waals surface area contributed by atoms with E-state index in [4.69, 9.17) is 4.74 Å². The molecule has 2 rings (SSSR count). The number of hydrogen-bond acceptors (Lipinski definition) is 3. The van der Waals surface area contributed by atoms with Crippen LogP contribution in [0, 0.1) is 5.82 Å². The number of ketones is 1. The molecule has 1 aromatic carbocycles. The average Bonchev–Trinajstić information content (AvgIpc) is 2.79. The van der Waals surface area contributed by atoms with E-state index >= 15 is 0 Å². The van der Waals surface area contributed by atoms with Crippen molar-refractivity contribution in [3.8, 4) is 5.75 Å². The summed E-state index contributed by atoms with van der Waals surface area (Å²) in [6, 6.07) is 5.95. The number of hydrogen-bond donors (Lipinski definition) is 0. The van der Waals surface area contributed by atoms with Gasteiger partial charge in [0, 0.05) is 7.05 Å². The fourth-order valence-electron chi connectivity index (χ4n) is 2.12. The summed E-state index contributed by atoms with van der Waals surface area (Å²) in [7, 11) is 3.19. The molecule has 0 radical (unpaired) electrons. The van der Waals surface area contributed by atoms with Gasteiger partial charge in [-0.15, -0.1) is 0 Å². The summed E-state index contributed by atoms with van der Waals surface area (Å²) in [6.45, 7) is 3.60. The van der Waals surface area contributed by atoms with E-state index in [-0.39, 0.29) is 11.6 Å². The van der Waals surface area contributed by atoms with Gasteiger partial charge in [-0.05, 0) is 31.5 Å². The lowest BCUT2D eigenvalue weighted by atomic mass is 9.79. The summed E-state index contributed by atoms with van der Waals surface area (Å²) in [5, 5.41) is 4.04. The SMILES string of the molecule is COc1cnn(C)c1C(=O)C(C)(C)c1ccc(F)cc1. The standard InChI is InChI=1S/C15H17FN2O2/c1-15(2,10-5-7-11(16)8-6-10)14(19)13-12(20-4)9-17-18(13)3/h5-9H,1-4H3. The highest BCUT2D eigenvalue weighted by molar-refractivity contribution is 6.04. The van der Waals surface area contributed by atoms with Gasteiger partial charge in [0.1, 0.15) is 11.5 Å². The minimum Gasteiger partial charge on any atom is -0.493 e. The maximum Gasteiger partial charge on any atom is 0.194 e. The smallest absolute Gasteiger partial charge is 0.194 e. The molecule has 0 aliphatic carbocycles. The average molecular weight is 276 g/mol. The van der Waals surface area contributed by atoms with Crippen LogP contribution in [0.2, 0.25) is 0 Å². The number of carbonyl (C=O) groups is 1. The topological polar surface area (TPSA) is 44.1 Å². The van der Waals surface area contributed by atoms with Crippen LogP contribution in [-0.2, 0) is 12.5 Å². The van der Waals surface area contributed by atoms with Crippen LogP contribution in [0.15, 0.2) is 30.5 Å². The molecule has 0 N–H and O–H groups in total. The number of rotatable bonds is 4. The second-order valence-corrected chi connectivity index (χ2v) is 5.15. The molecule has 2 aromatic rings. The quantitative estimate of drug-likeness (QED) is 0.806. The summed E-state index contributed by atoms with van der Waals surface area (Å²) < 4.78 is 19.7. The fraction of sp³-hybridized carbons (Fsp3) is 0.333. The minimum absolute atomic E-state index is 0.124. The van der Waals surface area contributed by atoms with Crippen LogP contribution in [0.4, 0.5) is 4.39 Å². The lowest BCUT2D eigenvalue weighted by Crippen LogP contribution is -2.31. The van der Waals surface area contributed by atoms with E-state index in [0.717, 1.165) is 5.56 Å². The number of halogens is 1. The van der Waals surface area contributed by atoms with Crippen LogP contribution in [-0.4, -0.2) is 22.7 Å². The normalized spacial score (nSPS) is 11.4. The Morgan fingerprint density at radius 3 is 2.45 bits per heavy atom. The van der Waals surface area contributed by atoms with Crippen molar-refractivity contribution in [1.82, 2.24) is 9.78 Å². The van der Waals surface area contributed by atoms with E-state index in [1.807, 2.05) is 0 Å². The zero-order valence-corrected chi connectivity index (χ0v) is 12.0. The van der Waals surface area contributed by atoms with E-state index in [9.17, 15) is 9.18 Å². The van der Waals surface area contributed by atoms with E-state index in [1.54, 1.807) is 33.0 Å². The van der Waals surface area contributed by atoms with E-state index < -0.39 is 5.41 Å². The maximum atomic E-state index is 13.0. The van der Waals surface area contributed by atoms with Crippen molar-refractivity contribution in [2.24, 2.45) is 7.05 Å². The molecule has 4 nitrogen and oxygen atoms in total. The fourth-order valence-corrected chi connectivity index (χ4v) is 2.12. The van der Waals surface area contributed by atoms with Gasteiger partial charge in [-0.3, -0.25) is 9.48 Å². The summed E-state index contributed by atoms with van der Waals surface area (Å²) >= 11 is 0. The molecule has 0 aliphatic heterocycles. The predicted octanol–water partition coefficient (Wildman–Crippen LogP) is 2.73. The van der Waals surface area contributed by atoms with Crippen LogP contribution in [0.3, 0.4) is 0 Å². The first-order valence-corrected chi connectivity index (χ1v) is 6.24. The largest absolute Gasteiger partial charge is 0.493 e. The predicted molar refractivity (Wildman–Crippen MR) is 73.5 cm³/mol. The molecule has 0 fully saturated rings. The van der Waals surface area contributed by atoms with Gasteiger partial charge in [0.2, 0.25) is 0 Å². The van der Waals surface area contributed by atoms with Crippen molar-refractivity contribution in [3.05, 3.63) is 47.5 Å². The molecule has 0 atom stereocenters. The Bertz CT molecular complexity index is 630. The van der Waals surface area contributed by atoms with Crippen molar-refractivity contribution < 1.29 is 13.9 Å². The minimum atomic E-state index is -0.797. The molecule has 106 valence electrons. The molecular weight excluding hydrogens is 259 g/mol. The Hall–Kier alpha value is -2.17. The first kappa shape index (κ1) is 14.2. The molecule has 0 saturated heterocycles. The van der Waals surface area contributed by atoms with Gasteiger partial charge in [-0.1, -0.05) is 12.1 Å².